The first-order valence-corrected chi connectivity index (χ1v) is 8.49. The Labute approximate surface area is 155 Å². The van der Waals surface area contributed by atoms with Gasteiger partial charge in [-0.05, 0) is 51.1 Å². The zero-order chi connectivity index (χ0) is 19.3. The summed E-state index contributed by atoms with van der Waals surface area (Å²) in [6.45, 7) is 5.94. The van der Waals surface area contributed by atoms with Crippen LogP contribution in [0.5, 0.6) is 5.75 Å². The molecule has 1 amide bonds. The first kappa shape index (κ1) is 19.4. The number of rotatable bonds is 5. The van der Waals surface area contributed by atoms with Crippen LogP contribution in [0.2, 0.25) is 0 Å². The molecule has 0 unspecified atom stereocenters. The second-order valence-electron chi connectivity index (χ2n) is 7.23. The van der Waals surface area contributed by atoms with E-state index in [1.54, 1.807) is 44.4 Å². The van der Waals surface area contributed by atoms with Gasteiger partial charge in [0.2, 0.25) is 0 Å². The third-order valence-electron chi connectivity index (χ3n) is 3.57. The van der Waals surface area contributed by atoms with E-state index in [9.17, 15) is 9.59 Å². The molecular weight excluding hydrogens is 326 g/mol. The fraction of sp³-hybridized carbons (Fsp3) is 0.273. The first-order valence-electron chi connectivity index (χ1n) is 8.49. The molecule has 0 radical (unpaired) electrons. The van der Waals surface area contributed by atoms with E-state index in [1.165, 1.54) is 11.0 Å². The number of hydrogen-bond donors (Lipinski definition) is 0. The van der Waals surface area contributed by atoms with Crippen molar-refractivity contribution >= 4 is 17.8 Å². The van der Waals surface area contributed by atoms with Gasteiger partial charge in [0.15, 0.2) is 5.78 Å². The predicted molar refractivity (Wildman–Crippen MR) is 105 cm³/mol. The molecule has 0 saturated heterocycles. The number of para-hydroxylation sites is 1. The van der Waals surface area contributed by atoms with Crippen LogP contribution in [-0.4, -0.2) is 36.3 Å². The maximum atomic E-state index is 12.4. The Hall–Kier alpha value is -2.88. The second kappa shape index (κ2) is 8.00. The van der Waals surface area contributed by atoms with Gasteiger partial charge in [0.05, 0.1) is 0 Å². The molecule has 0 aliphatic heterocycles. The molecule has 0 N–H and O–H groups in total. The molecule has 0 fully saturated rings. The third-order valence-corrected chi connectivity index (χ3v) is 3.57. The lowest BCUT2D eigenvalue weighted by Crippen LogP contribution is -2.23. The summed E-state index contributed by atoms with van der Waals surface area (Å²) in [7, 11) is 3.39. The monoisotopic (exact) mass is 351 g/mol. The number of carbonyl (C=O) groups is 2. The summed E-state index contributed by atoms with van der Waals surface area (Å²) in [6.07, 6.45) is 3.27. The average molecular weight is 351 g/mol. The van der Waals surface area contributed by atoms with E-state index in [1.807, 2.05) is 45.0 Å². The van der Waals surface area contributed by atoms with Gasteiger partial charge in [-0.2, -0.15) is 0 Å². The van der Waals surface area contributed by atoms with Gasteiger partial charge in [-0.3, -0.25) is 9.59 Å². The van der Waals surface area contributed by atoms with E-state index in [4.69, 9.17) is 4.74 Å². The van der Waals surface area contributed by atoms with E-state index >= 15 is 0 Å². The number of amides is 1. The molecule has 26 heavy (non-hydrogen) atoms. The van der Waals surface area contributed by atoms with Gasteiger partial charge in [-0.1, -0.05) is 30.3 Å². The molecule has 2 aromatic carbocycles. The Balaban J connectivity index is 2.16. The molecule has 0 atom stereocenters. The zero-order valence-electron chi connectivity index (χ0n) is 15.9. The van der Waals surface area contributed by atoms with Crippen molar-refractivity contribution in [3.05, 3.63) is 71.3 Å². The Morgan fingerprint density at radius 2 is 1.50 bits per heavy atom. The third kappa shape index (κ3) is 5.31. The van der Waals surface area contributed by atoms with Crippen LogP contribution in [0, 0.1) is 0 Å². The van der Waals surface area contributed by atoms with E-state index < -0.39 is 0 Å². The molecule has 0 bridgehead atoms. The Kier molecular flexibility index (Phi) is 5.98. The molecule has 4 heteroatoms. The SMILES string of the molecule is CN(C)C(=O)c1ccc(C(=O)/C=C/c2ccccc2OC(C)(C)C)cc1. The van der Waals surface area contributed by atoms with Gasteiger partial charge < -0.3 is 9.64 Å². The molecular formula is C22H25NO3. The number of ketones is 1. The number of ether oxygens (including phenoxy) is 1. The minimum absolute atomic E-state index is 0.0900. The summed E-state index contributed by atoms with van der Waals surface area (Å²) in [6, 6.07) is 14.3. The van der Waals surface area contributed by atoms with Crippen molar-refractivity contribution in [1.29, 1.82) is 0 Å². The average Bonchev–Trinajstić information content (AvgIpc) is 2.58. The van der Waals surface area contributed by atoms with Crippen LogP contribution >= 0.6 is 0 Å². The summed E-state index contributed by atoms with van der Waals surface area (Å²) < 4.78 is 5.93. The summed E-state index contributed by atoms with van der Waals surface area (Å²) in [5.41, 5.74) is 1.61. The lowest BCUT2D eigenvalue weighted by molar-refractivity contribution is 0.0827. The Morgan fingerprint density at radius 1 is 0.923 bits per heavy atom. The topological polar surface area (TPSA) is 46.6 Å². The zero-order valence-corrected chi connectivity index (χ0v) is 15.9. The van der Waals surface area contributed by atoms with Crippen LogP contribution in [0.1, 0.15) is 47.1 Å². The minimum Gasteiger partial charge on any atom is -0.488 e. The minimum atomic E-state index is -0.317. The highest BCUT2D eigenvalue weighted by Gasteiger charge is 2.13. The molecule has 0 aliphatic carbocycles. The van der Waals surface area contributed by atoms with Crippen molar-refractivity contribution in [2.45, 2.75) is 26.4 Å². The summed E-state index contributed by atoms with van der Waals surface area (Å²) >= 11 is 0. The van der Waals surface area contributed by atoms with Crippen molar-refractivity contribution in [1.82, 2.24) is 4.90 Å². The lowest BCUT2D eigenvalue weighted by atomic mass is 10.1. The Bertz CT molecular complexity index is 812. The predicted octanol–water partition coefficient (Wildman–Crippen LogP) is 4.46. The molecule has 0 spiro atoms. The van der Waals surface area contributed by atoms with Crippen molar-refractivity contribution in [3.63, 3.8) is 0 Å². The molecule has 2 aromatic rings. The molecule has 2 rings (SSSR count). The second-order valence-corrected chi connectivity index (χ2v) is 7.23. The van der Waals surface area contributed by atoms with E-state index in [-0.39, 0.29) is 17.3 Å². The number of benzene rings is 2. The van der Waals surface area contributed by atoms with E-state index in [0.717, 1.165) is 11.3 Å². The number of carbonyl (C=O) groups excluding carboxylic acids is 2. The van der Waals surface area contributed by atoms with Gasteiger partial charge in [0.1, 0.15) is 11.4 Å². The van der Waals surface area contributed by atoms with Crippen molar-refractivity contribution < 1.29 is 14.3 Å². The normalized spacial score (nSPS) is 11.4. The summed E-state index contributed by atoms with van der Waals surface area (Å²) in [4.78, 5) is 25.8. The fourth-order valence-electron chi connectivity index (χ4n) is 2.34. The smallest absolute Gasteiger partial charge is 0.253 e. The molecule has 136 valence electrons. The van der Waals surface area contributed by atoms with E-state index in [0.29, 0.717) is 11.1 Å². The quantitative estimate of drug-likeness (QED) is 0.590. The van der Waals surface area contributed by atoms with Gasteiger partial charge in [-0.15, -0.1) is 0 Å². The van der Waals surface area contributed by atoms with Gasteiger partial charge in [-0.25, -0.2) is 0 Å². The van der Waals surface area contributed by atoms with Gasteiger partial charge in [0, 0.05) is 30.8 Å². The number of allylic oxidation sites excluding steroid dienone is 1. The molecule has 0 aromatic heterocycles. The molecule has 0 aliphatic rings. The largest absolute Gasteiger partial charge is 0.488 e. The standard InChI is InChI=1S/C22H25NO3/c1-22(2,3)26-20-9-7-6-8-17(20)14-15-19(24)16-10-12-18(13-11-16)21(25)23(4)5/h6-15H,1-5H3/b15-14+. The van der Waals surface area contributed by atoms with Crippen LogP contribution in [0.3, 0.4) is 0 Å². The molecule has 4 nitrogen and oxygen atoms in total. The maximum absolute atomic E-state index is 12.4. The Morgan fingerprint density at radius 3 is 2.08 bits per heavy atom. The molecule has 0 heterocycles. The fourth-order valence-corrected chi connectivity index (χ4v) is 2.34. The van der Waals surface area contributed by atoms with Crippen LogP contribution in [0.4, 0.5) is 0 Å². The van der Waals surface area contributed by atoms with Crippen LogP contribution in [0.25, 0.3) is 6.08 Å². The van der Waals surface area contributed by atoms with Crippen molar-refractivity contribution in [2.75, 3.05) is 14.1 Å². The summed E-state index contributed by atoms with van der Waals surface area (Å²) in [5, 5.41) is 0. The number of nitrogens with zero attached hydrogens (tertiary/aromatic N) is 1. The highest BCUT2D eigenvalue weighted by Crippen LogP contribution is 2.24. The van der Waals surface area contributed by atoms with Gasteiger partial charge in [0.25, 0.3) is 5.91 Å². The molecule has 0 saturated carbocycles. The van der Waals surface area contributed by atoms with E-state index in [2.05, 4.69) is 0 Å². The van der Waals surface area contributed by atoms with Crippen LogP contribution in [0.15, 0.2) is 54.6 Å². The highest BCUT2D eigenvalue weighted by atomic mass is 16.5. The number of hydrogen-bond acceptors (Lipinski definition) is 3. The maximum Gasteiger partial charge on any atom is 0.253 e. The van der Waals surface area contributed by atoms with Crippen LogP contribution < -0.4 is 4.74 Å². The highest BCUT2D eigenvalue weighted by molar-refractivity contribution is 6.07. The van der Waals surface area contributed by atoms with Crippen LogP contribution in [-0.2, 0) is 0 Å². The van der Waals surface area contributed by atoms with Crippen molar-refractivity contribution in [3.8, 4) is 5.75 Å². The van der Waals surface area contributed by atoms with Gasteiger partial charge >= 0.3 is 0 Å². The first-order chi connectivity index (χ1) is 12.2. The summed E-state index contributed by atoms with van der Waals surface area (Å²) in [5.74, 6) is 0.517. The lowest BCUT2D eigenvalue weighted by Gasteiger charge is -2.22. The van der Waals surface area contributed by atoms with Crippen molar-refractivity contribution in [2.24, 2.45) is 0 Å².